The number of likely N-dealkylation sites (tertiary alicyclic amines) is 1. The van der Waals surface area contributed by atoms with Gasteiger partial charge in [0, 0.05) is 25.6 Å². The van der Waals surface area contributed by atoms with Crippen LogP contribution in [0.4, 0.5) is 0 Å². The van der Waals surface area contributed by atoms with Crippen molar-refractivity contribution < 1.29 is 14.6 Å². The molecule has 4 unspecified atom stereocenters. The normalized spacial score (nSPS) is 44.9. The van der Waals surface area contributed by atoms with E-state index in [2.05, 4.69) is 31.0 Å². The predicted octanol–water partition coefficient (Wildman–Crippen LogP) is 5.65. The van der Waals surface area contributed by atoms with Gasteiger partial charge in [-0.1, -0.05) is 27.2 Å². The van der Waals surface area contributed by atoms with E-state index in [1.165, 1.54) is 91.0 Å². The Morgan fingerprint density at radius 3 is 2.51 bits per heavy atom. The highest BCUT2D eigenvalue weighted by molar-refractivity contribution is 5.69. The third kappa shape index (κ3) is 5.40. The standard InChI is InChI=1S/C32H56N2O3/c1-22(8-11-29(36)37-4)25-9-10-26-30-27(13-15-32(25,26)3)31(2)14-12-24(20-23(31)21-28(30)35)33-16-19-34-17-6-5-7-18-34/h22-28,30,33,35H,5-21H2,1-4H3/t22?,23-,24+,25+,26?,27?,28+,30?,31-,32+/m0/s1. The molecule has 5 aliphatic rings. The molecule has 10 atom stereocenters. The Bertz CT molecular complexity index is 784. The molecule has 0 amide bonds. The van der Waals surface area contributed by atoms with Gasteiger partial charge in [0.25, 0.3) is 0 Å². The number of methoxy groups -OCH3 is 1. The van der Waals surface area contributed by atoms with E-state index in [-0.39, 0.29) is 12.1 Å². The monoisotopic (exact) mass is 516 g/mol. The Balaban J connectivity index is 1.20. The predicted molar refractivity (Wildman–Crippen MR) is 149 cm³/mol. The zero-order valence-electron chi connectivity index (χ0n) is 24.4. The second kappa shape index (κ2) is 11.5. The molecule has 4 aliphatic carbocycles. The maximum absolute atomic E-state index is 11.8. The lowest BCUT2D eigenvalue weighted by Crippen LogP contribution is -2.59. The van der Waals surface area contributed by atoms with Crippen molar-refractivity contribution in [2.24, 2.45) is 46.3 Å². The van der Waals surface area contributed by atoms with Gasteiger partial charge in [-0.3, -0.25) is 4.79 Å². The zero-order valence-corrected chi connectivity index (χ0v) is 24.4. The number of hydrogen-bond donors (Lipinski definition) is 2. The van der Waals surface area contributed by atoms with E-state index in [0.29, 0.717) is 58.8 Å². The molecule has 2 N–H and O–H groups in total. The number of aliphatic hydroxyl groups excluding tert-OH is 1. The molecule has 212 valence electrons. The first kappa shape index (κ1) is 27.9. The number of nitrogens with one attached hydrogen (secondary N) is 1. The summed E-state index contributed by atoms with van der Waals surface area (Å²) >= 11 is 0. The van der Waals surface area contributed by atoms with E-state index in [4.69, 9.17) is 4.74 Å². The van der Waals surface area contributed by atoms with Crippen molar-refractivity contribution in [3.63, 3.8) is 0 Å². The van der Waals surface area contributed by atoms with Crippen molar-refractivity contribution in [3.8, 4) is 0 Å². The third-order valence-electron chi connectivity index (χ3n) is 12.8. The first-order valence-electron chi connectivity index (χ1n) is 16.0. The van der Waals surface area contributed by atoms with Gasteiger partial charge in [0.05, 0.1) is 13.2 Å². The summed E-state index contributed by atoms with van der Waals surface area (Å²) < 4.78 is 4.92. The first-order valence-corrected chi connectivity index (χ1v) is 16.0. The van der Waals surface area contributed by atoms with Crippen LogP contribution in [0.1, 0.15) is 104 Å². The number of esters is 1. The van der Waals surface area contributed by atoms with Crippen LogP contribution in [-0.2, 0) is 9.53 Å². The van der Waals surface area contributed by atoms with Gasteiger partial charge in [-0.15, -0.1) is 0 Å². The molecule has 0 aromatic rings. The largest absolute Gasteiger partial charge is 0.469 e. The Labute approximate surface area is 226 Å². The third-order valence-corrected chi connectivity index (χ3v) is 12.8. The molecule has 5 fully saturated rings. The van der Waals surface area contributed by atoms with Gasteiger partial charge in [-0.05, 0) is 130 Å². The Hall–Kier alpha value is -0.650. The second-order valence-electron chi connectivity index (χ2n) is 14.4. The molecule has 5 rings (SSSR count). The van der Waals surface area contributed by atoms with E-state index >= 15 is 0 Å². The Morgan fingerprint density at radius 2 is 1.76 bits per heavy atom. The highest BCUT2D eigenvalue weighted by atomic mass is 16.5. The lowest BCUT2D eigenvalue weighted by atomic mass is 9.43. The van der Waals surface area contributed by atoms with Crippen LogP contribution in [0.2, 0.25) is 0 Å². The number of aliphatic hydroxyl groups is 1. The van der Waals surface area contributed by atoms with E-state index in [1.807, 2.05) is 0 Å². The number of carbonyl (C=O) groups excluding carboxylic acids is 1. The van der Waals surface area contributed by atoms with Crippen molar-refractivity contribution in [2.45, 2.75) is 116 Å². The first-order chi connectivity index (χ1) is 17.8. The summed E-state index contributed by atoms with van der Waals surface area (Å²) in [6.45, 7) is 12.4. The quantitative estimate of drug-likeness (QED) is 0.408. The molecule has 4 saturated carbocycles. The van der Waals surface area contributed by atoms with Gasteiger partial charge in [-0.25, -0.2) is 0 Å². The van der Waals surface area contributed by atoms with Crippen LogP contribution in [0.3, 0.4) is 0 Å². The second-order valence-corrected chi connectivity index (χ2v) is 14.4. The average Bonchev–Trinajstić information content (AvgIpc) is 3.25. The van der Waals surface area contributed by atoms with Gasteiger partial charge in [0.2, 0.25) is 0 Å². The van der Waals surface area contributed by atoms with Crippen molar-refractivity contribution in [2.75, 3.05) is 33.3 Å². The molecule has 1 saturated heterocycles. The Morgan fingerprint density at radius 1 is 1.03 bits per heavy atom. The molecule has 0 aromatic heterocycles. The van der Waals surface area contributed by atoms with Gasteiger partial charge in [0.1, 0.15) is 0 Å². The summed E-state index contributed by atoms with van der Waals surface area (Å²) in [6.07, 6.45) is 15.5. The number of carbonyl (C=O) groups is 1. The van der Waals surface area contributed by atoms with Crippen molar-refractivity contribution in [1.29, 1.82) is 0 Å². The van der Waals surface area contributed by atoms with Crippen molar-refractivity contribution in [1.82, 2.24) is 10.2 Å². The van der Waals surface area contributed by atoms with Crippen LogP contribution in [0.25, 0.3) is 0 Å². The van der Waals surface area contributed by atoms with Crippen LogP contribution in [-0.4, -0.2) is 61.4 Å². The smallest absolute Gasteiger partial charge is 0.305 e. The number of piperidine rings is 1. The van der Waals surface area contributed by atoms with E-state index in [1.54, 1.807) is 0 Å². The molecule has 1 heterocycles. The maximum Gasteiger partial charge on any atom is 0.305 e. The summed E-state index contributed by atoms with van der Waals surface area (Å²) in [4.78, 5) is 14.4. The van der Waals surface area contributed by atoms with Crippen LogP contribution in [0.15, 0.2) is 0 Å². The topological polar surface area (TPSA) is 61.8 Å². The fourth-order valence-corrected chi connectivity index (χ4v) is 10.6. The molecule has 1 aliphatic heterocycles. The summed E-state index contributed by atoms with van der Waals surface area (Å²) in [5.74, 6) is 3.59. The van der Waals surface area contributed by atoms with Gasteiger partial charge in [-0.2, -0.15) is 0 Å². The summed E-state index contributed by atoms with van der Waals surface area (Å²) in [5.41, 5.74) is 0.707. The maximum atomic E-state index is 11.8. The van der Waals surface area contributed by atoms with E-state index in [9.17, 15) is 9.90 Å². The minimum absolute atomic E-state index is 0.0754. The molecular formula is C32H56N2O3. The molecular weight excluding hydrogens is 460 g/mol. The number of nitrogens with zero attached hydrogens (tertiary/aromatic N) is 1. The van der Waals surface area contributed by atoms with E-state index < -0.39 is 0 Å². The van der Waals surface area contributed by atoms with Crippen molar-refractivity contribution in [3.05, 3.63) is 0 Å². The van der Waals surface area contributed by atoms with Crippen LogP contribution < -0.4 is 5.32 Å². The molecule has 0 radical (unpaired) electrons. The lowest BCUT2D eigenvalue weighted by molar-refractivity contribution is -0.167. The van der Waals surface area contributed by atoms with Crippen LogP contribution in [0.5, 0.6) is 0 Å². The number of ether oxygens (including phenoxy) is 1. The van der Waals surface area contributed by atoms with Gasteiger partial charge >= 0.3 is 5.97 Å². The molecule has 5 nitrogen and oxygen atoms in total. The number of fused-ring (bicyclic) bond motifs is 5. The molecule has 0 aromatic carbocycles. The molecule has 5 heteroatoms. The average molecular weight is 517 g/mol. The van der Waals surface area contributed by atoms with Gasteiger partial charge in [0.15, 0.2) is 0 Å². The minimum atomic E-state index is -0.135. The highest BCUT2D eigenvalue weighted by Crippen LogP contribution is 2.68. The highest BCUT2D eigenvalue weighted by Gasteiger charge is 2.62. The fourth-order valence-electron chi connectivity index (χ4n) is 10.6. The zero-order chi connectivity index (χ0) is 26.2. The fraction of sp³-hybridized carbons (Fsp3) is 0.969. The SMILES string of the molecule is COC(=O)CCC(C)[C@H]1CCC2C3C(CC[C@@]21C)[C@@]1(C)CC[C@@H](NCCN2CCCCC2)C[C@H]1C[C@H]3O. The summed E-state index contributed by atoms with van der Waals surface area (Å²) in [7, 11) is 1.50. The summed E-state index contributed by atoms with van der Waals surface area (Å²) in [5, 5.41) is 15.6. The van der Waals surface area contributed by atoms with Crippen LogP contribution >= 0.6 is 0 Å². The van der Waals surface area contributed by atoms with Crippen molar-refractivity contribution >= 4 is 5.97 Å². The Kier molecular flexibility index (Phi) is 8.64. The minimum Gasteiger partial charge on any atom is -0.469 e. The molecule has 0 bridgehead atoms. The van der Waals surface area contributed by atoms with Gasteiger partial charge < -0.3 is 20.1 Å². The molecule has 0 spiro atoms. The van der Waals surface area contributed by atoms with E-state index in [0.717, 1.165) is 19.4 Å². The molecule has 37 heavy (non-hydrogen) atoms. The van der Waals surface area contributed by atoms with Crippen LogP contribution in [0, 0.1) is 46.3 Å². The lowest BCUT2D eigenvalue weighted by Gasteiger charge is -2.62. The number of rotatable bonds is 8. The number of hydrogen-bond acceptors (Lipinski definition) is 5. The summed E-state index contributed by atoms with van der Waals surface area (Å²) in [6, 6.07) is 0.631.